The van der Waals surface area contributed by atoms with Crippen LogP contribution in [0, 0.1) is 0 Å². The van der Waals surface area contributed by atoms with Crippen LogP contribution < -0.4 is 4.90 Å². The Labute approximate surface area is 86.0 Å². The first kappa shape index (κ1) is 9.50. The van der Waals surface area contributed by atoms with Gasteiger partial charge in [-0.3, -0.25) is 0 Å². The van der Waals surface area contributed by atoms with Crippen molar-refractivity contribution in [3.8, 4) is 0 Å². The summed E-state index contributed by atoms with van der Waals surface area (Å²) < 4.78 is 0. The molecule has 0 aliphatic carbocycles. The fourth-order valence-corrected chi connectivity index (χ4v) is 2.01. The quantitative estimate of drug-likeness (QED) is 0.712. The monoisotopic (exact) mass is 190 g/mol. The molecule has 2 nitrogen and oxygen atoms in total. The zero-order valence-electron chi connectivity index (χ0n) is 9.25. The van der Waals surface area contributed by atoms with E-state index in [2.05, 4.69) is 37.8 Å². The fraction of sp³-hybridized carbons (Fsp3) is 0.583. The van der Waals surface area contributed by atoms with Crippen LogP contribution in [0.3, 0.4) is 0 Å². The summed E-state index contributed by atoms with van der Waals surface area (Å²) in [6.45, 7) is 7.75. The van der Waals surface area contributed by atoms with Crippen LogP contribution >= 0.6 is 0 Å². The average Bonchev–Trinajstić information content (AvgIpc) is 2.59. The normalized spacial score (nSPS) is 15.0. The molecule has 2 heterocycles. The molecular weight excluding hydrogens is 172 g/mol. The Morgan fingerprint density at radius 1 is 1.43 bits per heavy atom. The van der Waals surface area contributed by atoms with E-state index in [9.17, 15) is 0 Å². The average molecular weight is 190 g/mol. The summed E-state index contributed by atoms with van der Waals surface area (Å²) in [6, 6.07) is 4.96. The van der Waals surface area contributed by atoms with Gasteiger partial charge in [-0.2, -0.15) is 0 Å². The summed E-state index contributed by atoms with van der Waals surface area (Å²) in [6.07, 6.45) is 2.18. The largest absolute Gasteiger partial charge is 0.354 e. The van der Waals surface area contributed by atoms with Gasteiger partial charge in [0.05, 0.1) is 0 Å². The molecule has 1 aromatic heterocycles. The van der Waals surface area contributed by atoms with Crippen molar-refractivity contribution < 1.29 is 0 Å². The van der Waals surface area contributed by atoms with Crippen LogP contribution in [0.2, 0.25) is 0 Å². The van der Waals surface area contributed by atoms with Crippen LogP contribution in [0.25, 0.3) is 0 Å². The summed E-state index contributed by atoms with van der Waals surface area (Å²) in [5.41, 5.74) is 2.62. The molecule has 0 aromatic carbocycles. The van der Waals surface area contributed by atoms with Gasteiger partial charge in [0.15, 0.2) is 0 Å². The number of pyridine rings is 1. The van der Waals surface area contributed by atoms with Crippen LogP contribution in [0.15, 0.2) is 12.1 Å². The Balaban J connectivity index is 2.37. The van der Waals surface area contributed by atoms with Crippen molar-refractivity contribution in [1.82, 2.24) is 4.98 Å². The van der Waals surface area contributed by atoms with Crippen molar-refractivity contribution in [3.05, 3.63) is 23.4 Å². The van der Waals surface area contributed by atoms with E-state index in [4.69, 9.17) is 4.98 Å². The summed E-state index contributed by atoms with van der Waals surface area (Å²) in [4.78, 5) is 7.10. The molecule has 0 spiro atoms. The molecule has 14 heavy (non-hydrogen) atoms. The lowest BCUT2D eigenvalue weighted by Gasteiger charge is -2.23. The summed E-state index contributed by atoms with van der Waals surface area (Å²) in [5.74, 6) is 1.22. The number of hydrogen-bond donors (Lipinski definition) is 0. The highest BCUT2D eigenvalue weighted by atomic mass is 15.2. The lowest BCUT2D eigenvalue weighted by molar-refractivity contribution is 0.701. The minimum absolute atomic E-state index is 0.566. The Morgan fingerprint density at radius 2 is 2.21 bits per heavy atom. The van der Waals surface area contributed by atoms with Gasteiger partial charge in [0, 0.05) is 18.3 Å². The molecule has 1 aliphatic rings. The maximum absolute atomic E-state index is 4.70. The third-order valence-electron chi connectivity index (χ3n) is 2.89. The highest BCUT2D eigenvalue weighted by Crippen LogP contribution is 2.27. The SMILES string of the molecule is CCc1ccc2c(n1)N(C(C)C)CC2. The zero-order chi connectivity index (χ0) is 10.1. The predicted molar refractivity (Wildman–Crippen MR) is 59.8 cm³/mol. The van der Waals surface area contributed by atoms with Gasteiger partial charge in [-0.1, -0.05) is 13.0 Å². The summed E-state index contributed by atoms with van der Waals surface area (Å²) in [7, 11) is 0. The van der Waals surface area contributed by atoms with E-state index in [1.807, 2.05) is 0 Å². The van der Waals surface area contributed by atoms with Gasteiger partial charge in [0.2, 0.25) is 0 Å². The molecule has 1 aliphatic heterocycles. The molecule has 1 aromatic rings. The third-order valence-corrected chi connectivity index (χ3v) is 2.89. The second-order valence-electron chi connectivity index (χ2n) is 4.18. The highest BCUT2D eigenvalue weighted by Gasteiger charge is 2.22. The Kier molecular flexibility index (Phi) is 2.44. The number of aromatic nitrogens is 1. The topological polar surface area (TPSA) is 16.1 Å². The number of nitrogens with zero attached hydrogens (tertiary/aromatic N) is 2. The molecule has 0 fully saturated rings. The van der Waals surface area contributed by atoms with Gasteiger partial charge in [0.25, 0.3) is 0 Å². The summed E-state index contributed by atoms with van der Waals surface area (Å²) >= 11 is 0. The molecule has 2 rings (SSSR count). The smallest absolute Gasteiger partial charge is 0.132 e. The highest BCUT2D eigenvalue weighted by molar-refractivity contribution is 5.53. The first-order chi connectivity index (χ1) is 6.72. The minimum atomic E-state index is 0.566. The maximum atomic E-state index is 4.70. The van der Waals surface area contributed by atoms with E-state index >= 15 is 0 Å². The van der Waals surface area contributed by atoms with E-state index in [0.717, 1.165) is 19.4 Å². The Hall–Kier alpha value is -1.05. The third kappa shape index (κ3) is 1.49. The van der Waals surface area contributed by atoms with Crippen LogP contribution in [0.5, 0.6) is 0 Å². The first-order valence-electron chi connectivity index (χ1n) is 5.47. The van der Waals surface area contributed by atoms with Crippen molar-refractivity contribution in [2.75, 3.05) is 11.4 Å². The molecule has 0 radical (unpaired) electrons. The fourth-order valence-electron chi connectivity index (χ4n) is 2.01. The number of anilines is 1. The molecular formula is C12H18N2. The second-order valence-corrected chi connectivity index (χ2v) is 4.18. The van der Waals surface area contributed by atoms with Crippen LogP contribution in [-0.2, 0) is 12.8 Å². The first-order valence-corrected chi connectivity index (χ1v) is 5.47. The van der Waals surface area contributed by atoms with Gasteiger partial charge in [0.1, 0.15) is 5.82 Å². The number of fused-ring (bicyclic) bond motifs is 1. The summed E-state index contributed by atoms with van der Waals surface area (Å²) in [5, 5.41) is 0. The Bertz CT molecular complexity index is 331. The van der Waals surface area contributed by atoms with Crippen molar-refractivity contribution >= 4 is 5.82 Å². The van der Waals surface area contributed by atoms with E-state index in [0.29, 0.717) is 6.04 Å². The molecule has 76 valence electrons. The second kappa shape index (κ2) is 3.60. The van der Waals surface area contributed by atoms with Gasteiger partial charge in [-0.15, -0.1) is 0 Å². The zero-order valence-corrected chi connectivity index (χ0v) is 9.25. The Morgan fingerprint density at radius 3 is 2.86 bits per heavy atom. The van der Waals surface area contributed by atoms with E-state index < -0.39 is 0 Å². The van der Waals surface area contributed by atoms with Crippen LogP contribution in [0.4, 0.5) is 5.82 Å². The van der Waals surface area contributed by atoms with E-state index in [-0.39, 0.29) is 0 Å². The van der Waals surface area contributed by atoms with Crippen molar-refractivity contribution in [3.63, 3.8) is 0 Å². The van der Waals surface area contributed by atoms with Crippen LogP contribution in [-0.4, -0.2) is 17.6 Å². The molecule has 0 bridgehead atoms. The lowest BCUT2D eigenvalue weighted by Crippen LogP contribution is -2.29. The van der Waals surface area contributed by atoms with Gasteiger partial charge in [-0.25, -0.2) is 4.98 Å². The molecule has 2 heteroatoms. The molecule has 0 atom stereocenters. The standard InChI is InChI=1S/C12H18N2/c1-4-11-6-5-10-7-8-14(9(2)3)12(10)13-11/h5-6,9H,4,7-8H2,1-3H3. The molecule has 0 unspecified atom stereocenters. The molecule has 0 saturated carbocycles. The predicted octanol–water partition coefficient (Wildman–Crippen LogP) is 2.41. The maximum Gasteiger partial charge on any atom is 0.132 e. The van der Waals surface area contributed by atoms with Crippen molar-refractivity contribution in [1.29, 1.82) is 0 Å². The number of aryl methyl sites for hydroxylation is 1. The molecule has 0 amide bonds. The van der Waals surface area contributed by atoms with E-state index in [1.54, 1.807) is 0 Å². The molecule has 0 saturated heterocycles. The van der Waals surface area contributed by atoms with Crippen molar-refractivity contribution in [2.24, 2.45) is 0 Å². The van der Waals surface area contributed by atoms with Gasteiger partial charge < -0.3 is 4.90 Å². The number of hydrogen-bond acceptors (Lipinski definition) is 2. The lowest BCUT2D eigenvalue weighted by atomic mass is 10.2. The molecule has 0 N–H and O–H groups in total. The van der Waals surface area contributed by atoms with Crippen molar-refractivity contribution in [2.45, 2.75) is 39.7 Å². The number of rotatable bonds is 2. The van der Waals surface area contributed by atoms with Gasteiger partial charge >= 0.3 is 0 Å². The minimum Gasteiger partial charge on any atom is -0.354 e. The van der Waals surface area contributed by atoms with Crippen LogP contribution in [0.1, 0.15) is 32.0 Å². The van der Waals surface area contributed by atoms with E-state index in [1.165, 1.54) is 17.1 Å². The van der Waals surface area contributed by atoms with Gasteiger partial charge in [-0.05, 0) is 38.3 Å².